The van der Waals surface area contributed by atoms with E-state index in [1.165, 1.54) is 7.11 Å². The van der Waals surface area contributed by atoms with Gasteiger partial charge >= 0.3 is 0 Å². The van der Waals surface area contributed by atoms with Crippen LogP contribution in [-0.4, -0.2) is 37.4 Å². The van der Waals surface area contributed by atoms with Crippen LogP contribution in [0, 0.1) is 5.82 Å². The third-order valence-electron chi connectivity index (χ3n) is 3.21. The molecule has 0 aliphatic carbocycles. The molecular weight excluding hydrogens is 267 g/mol. The van der Waals surface area contributed by atoms with E-state index in [2.05, 4.69) is 5.43 Å². The first kappa shape index (κ1) is 14.6. The summed E-state index contributed by atoms with van der Waals surface area (Å²) in [5.41, 5.74) is 3.32. The van der Waals surface area contributed by atoms with Crippen molar-refractivity contribution in [3.63, 3.8) is 0 Å². The van der Waals surface area contributed by atoms with Gasteiger partial charge in [-0.25, -0.2) is 4.39 Å². The average molecular weight is 286 g/mol. The van der Waals surface area contributed by atoms with E-state index >= 15 is 0 Å². The number of thioether (sulfide) groups is 1. The quantitative estimate of drug-likeness (QED) is 0.632. The Labute approximate surface area is 116 Å². The third-order valence-corrected chi connectivity index (χ3v) is 4.23. The standard InChI is InChI=1S/C13H19FN2O2S/c1-17-11-4-2-3-9(13(11)14)7-10(16-15)12-8-19-6-5-18-12/h2-4,10,12,16H,5-8,15H2,1H3. The highest BCUT2D eigenvalue weighted by Crippen LogP contribution is 2.23. The predicted octanol–water partition coefficient (Wildman–Crippen LogP) is 1.34. The van der Waals surface area contributed by atoms with E-state index in [9.17, 15) is 4.39 Å². The SMILES string of the molecule is COc1cccc(CC(NN)C2CSCCO2)c1F. The lowest BCUT2D eigenvalue weighted by Crippen LogP contribution is -2.49. The molecular formula is C13H19FN2O2S. The van der Waals surface area contributed by atoms with Gasteiger partial charge < -0.3 is 9.47 Å². The molecule has 0 aromatic heterocycles. The fourth-order valence-electron chi connectivity index (χ4n) is 2.14. The number of methoxy groups -OCH3 is 1. The molecule has 0 saturated carbocycles. The molecule has 4 nitrogen and oxygen atoms in total. The van der Waals surface area contributed by atoms with Crippen LogP contribution in [-0.2, 0) is 11.2 Å². The van der Waals surface area contributed by atoms with Crippen molar-refractivity contribution in [1.82, 2.24) is 5.43 Å². The summed E-state index contributed by atoms with van der Waals surface area (Å²) in [5.74, 6) is 7.39. The lowest BCUT2D eigenvalue weighted by atomic mass is 10.0. The summed E-state index contributed by atoms with van der Waals surface area (Å²) in [5, 5.41) is 0. The number of rotatable bonds is 5. The van der Waals surface area contributed by atoms with Gasteiger partial charge in [-0.2, -0.15) is 11.8 Å². The van der Waals surface area contributed by atoms with Crippen LogP contribution in [0.15, 0.2) is 18.2 Å². The first-order valence-electron chi connectivity index (χ1n) is 6.23. The molecule has 1 aromatic carbocycles. The molecule has 0 amide bonds. The van der Waals surface area contributed by atoms with Crippen LogP contribution >= 0.6 is 11.8 Å². The second-order valence-electron chi connectivity index (χ2n) is 4.39. The summed E-state index contributed by atoms with van der Waals surface area (Å²) < 4.78 is 24.8. The normalized spacial score (nSPS) is 21.1. The lowest BCUT2D eigenvalue weighted by molar-refractivity contribution is 0.0469. The van der Waals surface area contributed by atoms with E-state index in [0.29, 0.717) is 18.6 Å². The van der Waals surface area contributed by atoms with Gasteiger partial charge in [-0.3, -0.25) is 11.3 Å². The number of benzene rings is 1. The van der Waals surface area contributed by atoms with Gasteiger partial charge in [0.2, 0.25) is 0 Å². The van der Waals surface area contributed by atoms with Crippen molar-refractivity contribution < 1.29 is 13.9 Å². The predicted molar refractivity (Wildman–Crippen MR) is 74.8 cm³/mol. The Morgan fingerprint density at radius 2 is 2.47 bits per heavy atom. The van der Waals surface area contributed by atoms with Crippen LogP contribution < -0.4 is 16.0 Å². The Morgan fingerprint density at radius 1 is 1.63 bits per heavy atom. The van der Waals surface area contributed by atoms with Crippen LogP contribution in [0.1, 0.15) is 5.56 Å². The second-order valence-corrected chi connectivity index (χ2v) is 5.54. The van der Waals surface area contributed by atoms with Crippen molar-refractivity contribution >= 4 is 11.8 Å². The fraction of sp³-hybridized carbons (Fsp3) is 0.538. The first-order valence-corrected chi connectivity index (χ1v) is 7.38. The molecule has 1 aromatic rings. The van der Waals surface area contributed by atoms with Gasteiger partial charge in [0.05, 0.1) is 25.9 Å². The number of ether oxygens (including phenoxy) is 2. The molecule has 1 aliphatic heterocycles. The molecule has 1 saturated heterocycles. The van der Waals surface area contributed by atoms with Crippen LogP contribution in [0.25, 0.3) is 0 Å². The number of halogens is 1. The van der Waals surface area contributed by atoms with Crippen molar-refractivity contribution in [3.05, 3.63) is 29.6 Å². The van der Waals surface area contributed by atoms with Crippen LogP contribution in [0.2, 0.25) is 0 Å². The molecule has 2 atom stereocenters. The topological polar surface area (TPSA) is 56.5 Å². The van der Waals surface area contributed by atoms with E-state index in [-0.39, 0.29) is 23.7 Å². The summed E-state index contributed by atoms with van der Waals surface area (Å²) in [6.07, 6.45) is 0.486. The molecule has 3 N–H and O–H groups in total. The van der Waals surface area contributed by atoms with Crippen molar-refractivity contribution in [1.29, 1.82) is 0 Å². The first-order chi connectivity index (χ1) is 9.26. The van der Waals surface area contributed by atoms with E-state index in [4.69, 9.17) is 15.3 Å². The molecule has 0 bridgehead atoms. The molecule has 0 spiro atoms. The van der Waals surface area contributed by atoms with E-state index in [1.807, 2.05) is 11.8 Å². The number of nitrogens with one attached hydrogen (secondary N) is 1. The van der Waals surface area contributed by atoms with Gasteiger partial charge in [-0.15, -0.1) is 0 Å². The number of nitrogens with two attached hydrogens (primary N) is 1. The minimum absolute atomic E-state index is 0.00866. The van der Waals surface area contributed by atoms with E-state index in [1.54, 1.807) is 18.2 Å². The largest absolute Gasteiger partial charge is 0.494 e. The van der Waals surface area contributed by atoms with Gasteiger partial charge in [0, 0.05) is 11.5 Å². The lowest BCUT2D eigenvalue weighted by Gasteiger charge is -2.29. The Bertz CT molecular complexity index is 414. The minimum atomic E-state index is -0.325. The maximum atomic E-state index is 14.1. The highest BCUT2D eigenvalue weighted by molar-refractivity contribution is 7.99. The summed E-state index contributed by atoms with van der Waals surface area (Å²) in [4.78, 5) is 0. The van der Waals surface area contributed by atoms with Crippen molar-refractivity contribution in [2.75, 3.05) is 25.2 Å². The monoisotopic (exact) mass is 286 g/mol. The van der Waals surface area contributed by atoms with Gasteiger partial charge in [0.25, 0.3) is 0 Å². The van der Waals surface area contributed by atoms with Crippen molar-refractivity contribution in [2.24, 2.45) is 5.84 Å². The zero-order valence-corrected chi connectivity index (χ0v) is 11.7. The van der Waals surface area contributed by atoms with Crippen molar-refractivity contribution in [2.45, 2.75) is 18.6 Å². The molecule has 1 heterocycles. The Morgan fingerprint density at radius 3 is 3.11 bits per heavy atom. The van der Waals surface area contributed by atoms with E-state index in [0.717, 1.165) is 11.5 Å². The number of hydrazine groups is 1. The molecule has 0 radical (unpaired) electrons. The highest BCUT2D eigenvalue weighted by atomic mass is 32.2. The summed E-state index contributed by atoms with van der Waals surface area (Å²) in [6.45, 7) is 0.716. The molecule has 6 heteroatoms. The molecule has 2 unspecified atom stereocenters. The number of hydrogen-bond acceptors (Lipinski definition) is 5. The maximum Gasteiger partial charge on any atom is 0.168 e. The minimum Gasteiger partial charge on any atom is -0.494 e. The second kappa shape index (κ2) is 7.09. The smallest absolute Gasteiger partial charge is 0.168 e. The Balaban J connectivity index is 2.09. The Hall–Kier alpha value is -0.820. The summed E-state index contributed by atoms with van der Waals surface area (Å²) in [6, 6.07) is 5.03. The van der Waals surface area contributed by atoms with Crippen LogP contribution in [0.5, 0.6) is 5.75 Å². The zero-order chi connectivity index (χ0) is 13.7. The van der Waals surface area contributed by atoms with E-state index < -0.39 is 0 Å². The molecule has 19 heavy (non-hydrogen) atoms. The maximum absolute atomic E-state index is 14.1. The zero-order valence-electron chi connectivity index (χ0n) is 10.9. The van der Waals surface area contributed by atoms with Gasteiger partial charge in [-0.05, 0) is 18.1 Å². The summed E-state index contributed by atoms with van der Waals surface area (Å²) in [7, 11) is 1.46. The average Bonchev–Trinajstić information content (AvgIpc) is 2.47. The van der Waals surface area contributed by atoms with Gasteiger partial charge in [0.1, 0.15) is 0 Å². The highest BCUT2D eigenvalue weighted by Gasteiger charge is 2.25. The fourth-order valence-corrected chi connectivity index (χ4v) is 3.09. The third kappa shape index (κ3) is 3.60. The van der Waals surface area contributed by atoms with Gasteiger partial charge in [-0.1, -0.05) is 12.1 Å². The number of hydrogen-bond donors (Lipinski definition) is 2. The van der Waals surface area contributed by atoms with Crippen LogP contribution in [0.4, 0.5) is 4.39 Å². The van der Waals surface area contributed by atoms with Gasteiger partial charge in [0.15, 0.2) is 11.6 Å². The molecule has 2 rings (SSSR count). The van der Waals surface area contributed by atoms with Crippen molar-refractivity contribution in [3.8, 4) is 5.75 Å². The Kier molecular flexibility index (Phi) is 5.45. The van der Waals surface area contributed by atoms with Crippen LogP contribution in [0.3, 0.4) is 0 Å². The molecule has 1 fully saturated rings. The summed E-state index contributed by atoms with van der Waals surface area (Å²) >= 11 is 1.83. The molecule has 1 aliphatic rings. The molecule has 106 valence electrons.